The molecule has 0 atom stereocenters. The van der Waals surface area contributed by atoms with Crippen LogP contribution in [-0.4, -0.2) is 19.0 Å². The van der Waals surface area contributed by atoms with Crippen molar-refractivity contribution in [3.05, 3.63) is 57.8 Å². The second-order valence-corrected chi connectivity index (χ2v) is 5.61. The van der Waals surface area contributed by atoms with E-state index in [4.69, 9.17) is 4.74 Å². The van der Waals surface area contributed by atoms with Gasteiger partial charge in [0.15, 0.2) is 17.5 Å². The maximum atomic E-state index is 13.8. The second-order valence-electron chi connectivity index (χ2n) is 4.69. The highest BCUT2D eigenvalue weighted by Gasteiger charge is 2.19. The minimum Gasteiger partial charge on any atom is -0.465 e. The summed E-state index contributed by atoms with van der Waals surface area (Å²) < 4.78 is 24.6. The number of esters is 1. The van der Waals surface area contributed by atoms with Crippen LogP contribution in [0.15, 0.2) is 45.9 Å². The van der Waals surface area contributed by atoms with E-state index in [0.717, 1.165) is 5.56 Å². The van der Waals surface area contributed by atoms with Gasteiger partial charge in [0.2, 0.25) is 0 Å². The molecule has 0 aliphatic carbocycles. The Kier molecular flexibility index (Phi) is 3.94. The third kappa shape index (κ3) is 2.87. The summed E-state index contributed by atoms with van der Waals surface area (Å²) in [6.45, 7) is 0. The van der Waals surface area contributed by atoms with E-state index in [1.807, 2.05) is 0 Å². The fourth-order valence-corrected chi connectivity index (χ4v) is 2.49. The molecule has 3 rings (SSSR count). The molecule has 0 aromatic heterocycles. The van der Waals surface area contributed by atoms with Crippen LogP contribution in [0.4, 0.5) is 10.1 Å². The van der Waals surface area contributed by atoms with E-state index in [1.54, 1.807) is 24.3 Å². The standard InChI is InChI=1S/C16H11BrFNO3/c1-21-16(20)9-2-4-13-10(6-9)7-15(19-13)22-14-5-3-11(17)8-12(14)18/h2-6,8H,7H2,1H3. The largest absolute Gasteiger partial charge is 0.465 e. The number of rotatable bonds is 2. The number of halogens is 2. The number of aliphatic imine (C=N–C) groups is 1. The monoisotopic (exact) mass is 363 g/mol. The van der Waals surface area contributed by atoms with Crippen molar-refractivity contribution in [3.63, 3.8) is 0 Å². The lowest BCUT2D eigenvalue weighted by atomic mass is 10.1. The predicted octanol–water partition coefficient (Wildman–Crippen LogP) is 4.04. The summed E-state index contributed by atoms with van der Waals surface area (Å²) >= 11 is 3.19. The molecule has 0 fully saturated rings. The number of benzene rings is 2. The fraction of sp³-hybridized carbons (Fsp3) is 0.125. The van der Waals surface area contributed by atoms with Crippen LogP contribution in [0.5, 0.6) is 5.75 Å². The van der Waals surface area contributed by atoms with Crippen LogP contribution in [-0.2, 0) is 11.2 Å². The molecule has 0 N–H and O–H groups in total. The molecule has 0 unspecified atom stereocenters. The molecular formula is C16H11BrFNO3. The van der Waals surface area contributed by atoms with E-state index in [-0.39, 0.29) is 5.75 Å². The average molecular weight is 364 g/mol. The summed E-state index contributed by atoms with van der Waals surface area (Å²) in [5.74, 6) is -0.374. The minimum atomic E-state index is -0.469. The first kappa shape index (κ1) is 14.7. The number of methoxy groups -OCH3 is 1. The SMILES string of the molecule is COC(=O)c1ccc2c(c1)CC(Oc1ccc(Br)cc1F)=N2. The zero-order chi connectivity index (χ0) is 15.7. The van der Waals surface area contributed by atoms with Crippen molar-refractivity contribution in [1.29, 1.82) is 0 Å². The first-order valence-electron chi connectivity index (χ1n) is 6.48. The number of ether oxygens (including phenoxy) is 2. The molecule has 0 spiro atoms. The second kappa shape index (κ2) is 5.88. The molecule has 0 saturated carbocycles. The lowest BCUT2D eigenvalue weighted by Gasteiger charge is -2.06. The molecule has 0 radical (unpaired) electrons. The highest BCUT2D eigenvalue weighted by Crippen LogP contribution is 2.30. The summed E-state index contributed by atoms with van der Waals surface area (Å²) in [6.07, 6.45) is 0.398. The Labute approximate surface area is 134 Å². The molecule has 0 amide bonds. The Morgan fingerprint density at radius 3 is 2.82 bits per heavy atom. The minimum absolute atomic E-state index is 0.114. The van der Waals surface area contributed by atoms with Gasteiger partial charge in [-0.1, -0.05) is 15.9 Å². The van der Waals surface area contributed by atoms with Gasteiger partial charge in [0.05, 0.1) is 24.8 Å². The topological polar surface area (TPSA) is 47.9 Å². The van der Waals surface area contributed by atoms with Crippen molar-refractivity contribution < 1.29 is 18.7 Å². The lowest BCUT2D eigenvalue weighted by Crippen LogP contribution is -2.09. The highest BCUT2D eigenvalue weighted by atomic mass is 79.9. The number of fused-ring (bicyclic) bond motifs is 1. The predicted molar refractivity (Wildman–Crippen MR) is 83.3 cm³/mol. The third-order valence-electron chi connectivity index (χ3n) is 3.21. The van der Waals surface area contributed by atoms with Gasteiger partial charge in [-0.25, -0.2) is 14.2 Å². The van der Waals surface area contributed by atoms with Gasteiger partial charge in [-0.2, -0.15) is 0 Å². The number of nitrogens with zero attached hydrogens (tertiary/aromatic N) is 1. The highest BCUT2D eigenvalue weighted by molar-refractivity contribution is 9.10. The van der Waals surface area contributed by atoms with Gasteiger partial charge < -0.3 is 9.47 Å². The number of carbonyl (C=O) groups is 1. The van der Waals surface area contributed by atoms with Crippen LogP contribution in [0, 0.1) is 5.82 Å². The number of hydrogen-bond acceptors (Lipinski definition) is 4. The van der Waals surface area contributed by atoms with Gasteiger partial charge in [-0.05, 0) is 42.0 Å². The van der Waals surface area contributed by atoms with Crippen molar-refractivity contribution in [1.82, 2.24) is 0 Å². The van der Waals surface area contributed by atoms with Crippen molar-refractivity contribution in [2.45, 2.75) is 6.42 Å². The fourth-order valence-electron chi connectivity index (χ4n) is 2.16. The van der Waals surface area contributed by atoms with E-state index in [1.165, 1.54) is 19.2 Å². The van der Waals surface area contributed by atoms with E-state index in [9.17, 15) is 9.18 Å². The summed E-state index contributed by atoms with van der Waals surface area (Å²) in [4.78, 5) is 15.8. The first-order valence-corrected chi connectivity index (χ1v) is 7.28. The molecule has 112 valence electrons. The van der Waals surface area contributed by atoms with E-state index < -0.39 is 11.8 Å². The third-order valence-corrected chi connectivity index (χ3v) is 3.70. The van der Waals surface area contributed by atoms with Crippen LogP contribution in [0.2, 0.25) is 0 Å². The summed E-state index contributed by atoms with van der Waals surface area (Å²) in [7, 11) is 1.33. The van der Waals surface area contributed by atoms with Gasteiger partial charge >= 0.3 is 5.97 Å². The van der Waals surface area contributed by atoms with Gasteiger partial charge in [-0.15, -0.1) is 0 Å². The molecule has 4 nitrogen and oxygen atoms in total. The van der Waals surface area contributed by atoms with Gasteiger partial charge in [0.1, 0.15) is 0 Å². The average Bonchev–Trinajstić information content (AvgIpc) is 2.90. The van der Waals surface area contributed by atoms with Crippen molar-refractivity contribution in [3.8, 4) is 5.75 Å². The maximum absolute atomic E-state index is 13.8. The number of hydrogen-bond donors (Lipinski definition) is 0. The summed E-state index contributed by atoms with van der Waals surface area (Å²) in [5.41, 5.74) is 2.00. The molecule has 0 bridgehead atoms. The summed E-state index contributed by atoms with van der Waals surface area (Å²) in [6, 6.07) is 9.61. The molecule has 1 aliphatic rings. The molecule has 6 heteroatoms. The first-order chi connectivity index (χ1) is 10.6. The Morgan fingerprint density at radius 1 is 1.27 bits per heavy atom. The van der Waals surface area contributed by atoms with Gasteiger partial charge in [0.25, 0.3) is 0 Å². The molecule has 0 saturated heterocycles. The summed E-state index contributed by atoms with van der Waals surface area (Å²) in [5, 5.41) is 0. The molecule has 1 heterocycles. The Balaban J connectivity index is 1.80. The molecular weight excluding hydrogens is 353 g/mol. The van der Waals surface area contributed by atoms with Crippen LogP contribution >= 0.6 is 15.9 Å². The Morgan fingerprint density at radius 2 is 2.09 bits per heavy atom. The zero-order valence-electron chi connectivity index (χ0n) is 11.6. The van der Waals surface area contributed by atoms with Crippen LogP contribution < -0.4 is 4.74 Å². The van der Waals surface area contributed by atoms with Gasteiger partial charge in [-0.3, -0.25) is 0 Å². The van der Waals surface area contributed by atoms with Crippen molar-refractivity contribution >= 4 is 33.5 Å². The number of carbonyl (C=O) groups excluding carboxylic acids is 1. The molecule has 2 aromatic carbocycles. The van der Waals surface area contributed by atoms with E-state index in [2.05, 4.69) is 25.7 Å². The maximum Gasteiger partial charge on any atom is 0.337 e. The Bertz CT molecular complexity index is 789. The normalized spacial score (nSPS) is 12.6. The molecule has 2 aromatic rings. The molecule has 1 aliphatic heterocycles. The lowest BCUT2D eigenvalue weighted by molar-refractivity contribution is 0.0600. The zero-order valence-corrected chi connectivity index (χ0v) is 13.2. The van der Waals surface area contributed by atoms with Crippen LogP contribution in [0.25, 0.3) is 0 Å². The van der Waals surface area contributed by atoms with Crippen LogP contribution in [0.3, 0.4) is 0 Å². The van der Waals surface area contributed by atoms with E-state index in [0.29, 0.717) is 28.0 Å². The van der Waals surface area contributed by atoms with Gasteiger partial charge in [0, 0.05) is 4.47 Å². The smallest absolute Gasteiger partial charge is 0.337 e. The molecule has 22 heavy (non-hydrogen) atoms. The van der Waals surface area contributed by atoms with Crippen molar-refractivity contribution in [2.24, 2.45) is 4.99 Å². The van der Waals surface area contributed by atoms with E-state index >= 15 is 0 Å². The Hall–Kier alpha value is -2.21. The van der Waals surface area contributed by atoms with Crippen molar-refractivity contribution in [2.75, 3.05) is 7.11 Å². The quantitative estimate of drug-likeness (QED) is 0.756. The van der Waals surface area contributed by atoms with Crippen LogP contribution in [0.1, 0.15) is 15.9 Å².